The summed E-state index contributed by atoms with van der Waals surface area (Å²) in [4.78, 5) is 25.4. The minimum absolute atomic E-state index is 0.224. The molecule has 4 aromatic rings. The van der Waals surface area contributed by atoms with Gasteiger partial charge in [-0.05, 0) is 26.9 Å². The molecule has 0 aliphatic carbocycles. The molecule has 0 unspecified atom stereocenters. The summed E-state index contributed by atoms with van der Waals surface area (Å²) in [5.74, 6) is 2.56. The molecule has 1 fully saturated rings. The number of hydrogen-bond donors (Lipinski definition) is 2. The summed E-state index contributed by atoms with van der Waals surface area (Å²) < 4.78 is 6.33. The van der Waals surface area contributed by atoms with Crippen LogP contribution in [0.2, 0.25) is 0 Å². The second kappa shape index (κ2) is 8.96. The van der Waals surface area contributed by atoms with Crippen LogP contribution < -0.4 is 15.0 Å². The molecule has 2 N–H and O–H groups in total. The van der Waals surface area contributed by atoms with Gasteiger partial charge in [-0.3, -0.25) is 0 Å². The zero-order valence-corrected chi connectivity index (χ0v) is 18.5. The van der Waals surface area contributed by atoms with Gasteiger partial charge in [0, 0.05) is 30.4 Å². The Labute approximate surface area is 186 Å². The van der Waals surface area contributed by atoms with Gasteiger partial charge in [0.2, 0.25) is 0 Å². The van der Waals surface area contributed by atoms with E-state index < -0.39 is 0 Å². The van der Waals surface area contributed by atoms with Crippen molar-refractivity contribution in [1.82, 2.24) is 29.8 Å². The first-order chi connectivity index (χ1) is 15.7. The summed E-state index contributed by atoms with van der Waals surface area (Å²) in [6, 6.07) is 8.48. The number of nitrogens with zero attached hydrogens (tertiary/aromatic N) is 6. The van der Waals surface area contributed by atoms with Gasteiger partial charge in [0.25, 0.3) is 0 Å². The molecule has 1 saturated heterocycles. The van der Waals surface area contributed by atoms with Crippen LogP contribution >= 0.6 is 0 Å². The molecule has 1 atom stereocenters. The highest BCUT2D eigenvalue weighted by molar-refractivity contribution is 5.95. The number of nitrogens with one attached hydrogen (secondary N) is 2. The number of likely N-dealkylation sites (N-methyl/N-ethyl adjacent to an activating group) is 1. The molecule has 166 valence electrons. The maximum Gasteiger partial charge on any atom is 0.162 e. The molecule has 0 radical (unpaired) electrons. The van der Waals surface area contributed by atoms with E-state index in [0.717, 1.165) is 71.8 Å². The summed E-state index contributed by atoms with van der Waals surface area (Å²) in [5, 5.41) is 5.58. The lowest BCUT2D eigenvalue weighted by Gasteiger charge is -2.26. The molecule has 0 spiro atoms. The quantitative estimate of drug-likeness (QED) is 0.439. The SMILES string of the molecule is CN(C)CCNc1ncc(OC[C@H]2CCCN2c2ncnc3[nH]cnc23)c2ccccc12. The number of anilines is 2. The summed E-state index contributed by atoms with van der Waals surface area (Å²) in [7, 11) is 4.13. The number of H-pyrrole nitrogens is 1. The molecule has 1 aliphatic rings. The molecule has 9 heteroatoms. The van der Waals surface area contributed by atoms with Crippen LogP contribution in [0.25, 0.3) is 21.9 Å². The average Bonchev–Trinajstić information content (AvgIpc) is 3.47. The highest BCUT2D eigenvalue weighted by Gasteiger charge is 2.28. The Bertz CT molecular complexity index is 1210. The number of aromatic amines is 1. The lowest BCUT2D eigenvalue weighted by atomic mass is 10.1. The molecule has 1 aromatic carbocycles. The van der Waals surface area contributed by atoms with E-state index in [4.69, 9.17) is 4.74 Å². The molecule has 3 aromatic heterocycles. The number of benzene rings is 1. The first kappa shape index (κ1) is 20.4. The second-order valence-electron chi connectivity index (χ2n) is 8.34. The largest absolute Gasteiger partial charge is 0.489 e. The topological polar surface area (TPSA) is 95.1 Å². The Morgan fingerprint density at radius 1 is 1.16 bits per heavy atom. The lowest BCUT2D eigenvalue weighted by Crippen LogP contribution is -2.35. The van der Waals surface area contributed by atoms with Crippen molar-refractivity contribution in [3.05, 3.63) is 43.1 Å². The van der Waals surface area contributed by atoms with Gasteiger partial charge in [0.1, 0.15) is 30.0 Å². The highest BCUT2D eigenvalue weighted by atomic mass is 16.5. The molecule has 0 amide bonds. The van der Waals surface area contributed by atoms with E-state index in [1.807, 2.05) is 18.3 Å². The van der Waals surface area contributed by atoms with E-state index in [-0.39, 0.29) is 6.04 Å². The standard InChI is InChI=1S/C23H28N8O/c1-30(2)11-9-24-21-18-8-4-3-7-17(18)19(12-25-21)32-13-16-6-5-10-31(16)23-20-22(27-14-26-20)28-15-29-23/h3-4,7-8,12,14-16H,5-6,9-11,13H2,1-2H3,(H,24,25)(H,26,27,28,29)/t16-/m1/s1. The summed E-state index contributed by atoms with van der Waals surface area (Å²) in [6.45, 7) is 3.27. The van der Waals surface area contributed by atoms with Gasteiger partial charge >= 0.3 is 0 Å². The molecule has 0 bridgehead atoms. The summed E-state index contributed by atoms with van der Waals surface area (Å²) >= 11 is 0. The molecule has 0 saturated carbocycles. The van der Waals surface area contributed by atoms with E-state index in [2.05, 4.69) is 66.3 Å². The molecular formula is C23H28N8O. The van der Waals surface area contributed by atoms with Gasteiger partial charge in [0.05, 0.1) is 18.6 Å². The number of fused-ring (bicyclic) bond motifs is 2. The van der Waals surface area contributed by atoms with Crippen molar-refractivity contribution >= 4 is 33.6 Å². The van der Waals surface area contributed by atoms with Gasteiger partial charge < -0.3 is 24.8 Å². The van der Waals surface area contributed by atoms with Gasteiger partial charge in [-0.2, -0.15) is 0 Å². The Balaban J connectivity index is 1.34. The average molecular weight is 433 g/mol. The summed E-state index contributed by atoms with van der Waals surface area (Å²) in [5.41, 5.74) is 1.56. The van der Waals surface area contributed by atoms with Crippen molar-refractivity contribution in [3.8, 4) is 5.75 Å². The molecule has 1 aliphatic heterocycles. The van der Waals surface area contributed by atoms with E-state index >= 15 is 0 Å². The highest BCUT2D eigenvalue weighted by Crippen LogP contribution is 2.32. The number of imidazole rings is 1. The number of pyridine rings is 1. The monoisotopic (exact) mass is 432 g/mol. The Kier molecular flexibility index (Phi) is 5.72. The Morgan fingerprint density at radius 3 is 2.91 bits per heavy atom. The molecule has 5 rings (SSSR count). The van der Waals surface area contributed by atoms with E-state index in [0.29, 0.717) is 6.61 Å². The van der Waals surface area contributed by atoms with Crippen molar-refractivity contribution in [2.24, 2.45) is 0 Å². The van der Waals surface area contributed by atoms with Crippen LogP contribution in [-0.4, -0.2) is 76.2 Å². The predicted octanol–water partition coefficient (Wildman–Crippen LogP) is 2.92. The van der Waals surface area contributed by atoms with Crippen LogP contribution in [0.3, 0.4) is 0 Å². The van der Waals surface area contributed by atoms with E-state index in [9.17, 15) is 0 Å². The van der Waals surface area contributed by atoms with Crippen LogP contribution in [0.5, 0.6) is 5.75 Å². The van der Waals surface area contributed by atoms with Crippen LogP contribution in [-0.2, 0) is 0 Å². The maximum atomic E-state index is 6.33. The van der Waals surface area contributed by atoms with Gasteiger partial charge in [-0.25, -0.2) is 19.9 Å². The number of rotatable bonds is 8. The minimum Gasteiger partial charge on any atom is -0.489 e. The second-order valence-corrected chi connectivity index (χ2v) is 8.34. The predicted molar refractivity (Wildman–Crippen MR) is 126 cm³/mol. The third-order valence-corrected chi connectivity index (χ3v) is 5.89. The third kappa shape index (κ3) is 4.03. The minimum atomic E-state index is 0.224. The smallest absolute Gasteiger partial charge is 0.162 e. The van der Waals surface area contributed by atoms with E-state index in [1.165, 1.54) is 0 Å². The molecule has 9 nitrogen and oxygen atoms in total. The van der Waals surface area contributed by atoms with Gasteiger partial charge in [-0.15, -0.1) is 0 Å². The first-order valence-corrected chi connectivity index (χ1v) is 11.0. The zero-order valence-electron chi connectivity index (χ0n) is 18.5. The van der Waals surface area contributed by atoms with Crippen molar-refractivity contribution in [1.29, 1.82) is 0 Å². The number of aromatic nitrogens is 5. The third-order valence-electron chi connectivity index (χ3n) is 5.89. The molecule has 4 heterocycles. The fourth-order valence-electron chi connectivity index (χ4n) is 4.26. The Hall–Kier alpha value is -3.46. The van der Waals surface area contributed by atoms with Crippen LogP contribution in [0.4, 0.5) is 11.6 Å². The fourth-order valence-corrected chi connectivity index (χ4v) is 4.26. The van der Waals surface area contributed by atoms with Crippen LogP contribution in [0, 0.1) is 0 Å². The van der Waals surface area contributed by atoms with Crippen LogP contribution in [0.1, 0.15) is 12.8 Å². The Morgan fingerprint density at radius 2 is 2.03 bits per heavy atom. The van der Waals surface area contributed by atoms with Crippen molar-refractivity contribution in [3.63, 3.8) is 0 Å². The normalized spacial score (nSPS) is 16.3. The summed E-state index contributed by atoms with van der Waals surface area (Å²) in [6.07, 6.45) is 7.22. The number of hydrogen-bond acceptors (Lipinski definition) is 8. The first-order valence-electron chi connectivity index (χ1n) is 11.0. The van der Waals surface area contributed by atoms with Crippen LogP contribution in [0.15, 0.2) is 43.1 Å². The maximum absolute atomic E-state index is 6.33. The molecular weight excluding hydrogens is 404 g/mol. The lowest BCUT2D eigenvalue weighted by molar-refractivity contribution is 0.290. The van der Waals surface area contributed by atoms with E-state index in [1.54, 1.807) is 12.7 Å². The zero-order chi connectivity index (χ0) is 21.9. The van der Waals surface area contributed by atoms with Crippen molar-refractivity contribution < 1.29 is 4.74 Å². The fraction of sp³-hybridized carbons (Fsp3) is 0.391. The molecule has 32 heavy (non-hydrogen) atoms. The van der Waals surface area contributed by atoms with Crippen molar-refractivity contribution in [2.75, 3.05) is 50.6 Å². The van der Waals surface area contributed by atoms with Gasteiger partial charge in [0.15, 0.2) is 11.5 Å². The number of ether oxygens (including phenoxy) is 1. The van der Waals surface area contributed by atoms with Crippen molar-refractivity contribution in [2.45, 2.75) is 18.9 Å². The van der Waals surface area contributed by atoms with Gasteiger partial charge in [-0.1, -0.05) is 24.3 Å².